The fourth-order valence-corrected chi connectivity index (χ4v) is 1.98. The first-order valence-corrected chi connectivity index (χ1v) is 6.33. The minimum absolute atomic E-state index is 0.135. The van der Waals surface area contributed by atoms with Crippen LogP contribution in [0.15, 0.2) is 17.1 Å². The molecule has 0 bridgehead atoms. The van der Waals surface area contributed by atoms with E-state index in [1.165, 1.54) is 16.8 Å². The summed E-state index contributed by atoms with van der Waals surface area (Å²) < 4.78 is 6.69. The van der Waals surface area contributed by atoms with Crippen LogP contribution in [0.4, 0.5) is 5.82 Å². The van der Waals surface area contributed by atoms with Crippen molar-refractivity contribution < 1.29 is 14.9 Å². The zero-order valence-corrected chi connectivity index (χ0v) is 11.4. The second-order valence-corrected chi connectivity index (χ2v) is 4.14. The Balaban J connectivity index is 0.000000861. The molecular formula is C12H21N3O4. The maximum absolute atomic E-state index is 11.6. The summed E-state index contributed by atoms with van der Waals surface area (Å²) in [5.74, 6) is -0.175. The molecule has 0 aromatic carbocycles. The normalized spacial score (nSPS) is 29.7. The van der Waals surface area contributed by atoms with Gasteiger partial charge >= 0.3 is 5.69 Å². The van der Waals surface area contributed by atoms with Gasteiger partial charge in [0.2, 0.25) is 0 Å². The van der Waals surface area contributed by atoms with E-state index in [4.69, 9.17) is 15.6 Å². The first-order valence-electron chi connectivity index (χ1n) is 6.33. The number of nitrogens with two attached hydrogens (primary N) is 1. The standard InChI is InChI=1S/C10H15N3O4.C2H6/c1-5-8(15)6(4-14)17-9(5)13-3-2-7(11)12-10(13)16;1-2/h2-3,5-6,8-9,14-15H,4H2,1H3,(H2,11,12,16);1-2H3/t5-,6?,8-,9+;/m0./s1. The molecule has 0 amide bonds. The van der Waals surface area contributed by atoms with Crippen LogP contribution in [0.3, 0.4) is 0 Å². The van der Waals surface area contributed by atoms with E-state index in [1.807, 2.05) is 13.8 Å². The summed E-state index contributed by atoms with van der Waals surface area (Å²) >= 11 is 0. The monoisotopic (exact) mass is 271 g/mol. The van der Waals surface area contributed by atoms with Crippen LogP contribution in [0.5, 0.6) is 0 Å². The molecule has 1 unspecified atom stereocenters. The molecule has 4 N–H and O–H groups in total. The Morgan fingerprint density at radius 1 is 1.53 bits per heavy atom. The molecule has 0 saturated carbocycles. The van der Waals surface area contributed by atoms with E-state index < -0.39 is 24.1 Å². The van der Waals surface area contributed by atoms with E-state index in [0.717, 1.165) is 0 Å². The van der Waals surface area contributed by atoms with Crippen molar-refractivity contribution in [2.45, 2.75) is 39.2 Å². The van der Waals surface area contributed by atoms with E-state index in [2.05, 4.69) is 4.98 Å². The van der Waals surface area contributed by atoms with Crippen molar-refractivity contribution in [3.63, 3.8) is 0 Å². The van der Waals surface area contributed by atoms with Crippen molar-refractivity contribution in [3.8, 4) is 0 Å². The Kier molecular flexibility index (Phi) is 5.46. The van der Waals surface area contributed by atoms with Gasteiger partial charge in [0.1, 0.15) is 18.1 Å². The Hall–Kier alpha value is -1.44. The second kappa shape index (κ2) is 6.65. The lowest BCUT2D eigenvalue weighted by atomic mass is 10.0. The maximum atomic E-state index is 11.6. The molecule has 0 radical (unpaired) electrons. The van der Waals surface area contributed by atoms with Crippen LogP contribution >= 0.6 is 0 Å². The predicted molar refractivity (Wildman–Crippen MR) is 70.4 cm³/mol. The minimum Gasteiger partial charge on any atom is -0.394 e. The Morgan fingerprint density at radius 2 is 2.16 bits per heavy atom. The molecule has 1 aliphatic heterocycles. The number of aliphatic hydroxyl groups is 2. The summed E-state index contributed by atoms with van der Waals surface area (Å²) in [4.78, 5) is 15.2. The Bertz CT molecular complexity index is 463. The molecule has 7 nitrogen and oxygen atoms in total. The summed E-state index contributed by atoms with van der Waals surface area (Å²) in [5, 5.41) is 18.8. The molecule has 2 heterocycles. The van der Waals surface area contributed by atoms with E-state index in [-0.39, 0.29) is 18.3 Å². The van der Waals surface area contributed by atoms with E-state index in [9.17, 15) is 9.90 Å². The average molecular weight is 271 g/mol. The lowest BCUT2D eigenvalue weighted by Crippen LogP contribution is -2.30. The van der Waals surface area contributed by atoms with Crippen LogP contribution in [0, 0.1) is 5.92 Å². The summed E-state index contributed by atoms with van der Waals surface area (Å²) in [6.45, 7) is 5.45. The van der Waals surface area contributed by atoms with Gasteiger partial charge in [0.25, 0.3) is 0 Å². The summed E-state index contributed by atoms with van der Waals surface area (Å²) in [5.41, 5.74) is 4.85. The number of nitrogen functional groups attached to an aromatic ring is 1. The van der Waals surface area contributed by atoms with Crippen LogP contribution < -0.4 is 11.4 Å². The number of anilines is 1. The van der Waals surface area contributed by atoms with Crippen molar-refractivity contribution in [1.29, 1.82) is 0 Å². The molecule has 1 fully saturated rings. The molecule has 0 aliphatic carbocycles. The SMILES string of the molecule is CC.C[C@H]1[C@H](O)C(CO)O[C@H]1n1ccc(N)nc1=O. The van der Waals surface area contributed by atoms with Gasteiger partial charge in [-0.25, -0.2) is 4.79 Å². The van der Waals surface area contributed by atoms with Gasteiger partial charge in [-0.3, -0.25) is 4.57 Å². The lowest BCUT2D eigenvalue weighted by molar-refractivity contribution is -0.0476. The Labute approximate surface area is 111 Å². The van der Waals surface area contributed by atoms with Crippen molar-refractivity contribution in [2.75, 3.05) is 12.3 Å². The first-order chi connectivity index (χ1) is 9.04. The number of aromatic nitrogens is 2. The summed E-state index contributed by atoms with van der Waals surface area (Å²) in [6, 6.07) is 1.48. The van der Waals surface area contributed by atoms with Gasteiger partial charge in [0, 0.05) is 12.1 Å². The molecule has 19 heavy (non-hydrogen) atoms. The van der Waals surface area contributed by atoms with Crippen LogP contribution in [0.1, 0.15) is 27.0 Å². The fraction of sp³-hybridized carbons (Fsp3) is 0.667. The maximum Gasteiger partial charge on any atom is 0.351 e. The Morgan fingerprint density at radius 3 is 2.63 bits per heavy atom. The molecule has 4 atom stereocenters. The van der Waals surface area contributed by atoms with E-state index in [1.54, 1.807) is 6.92 Å². The largest absolute Gasteiger partial charge is 0.394 e. The highest BCUT2D eigenvalue weighted by Crippen LogP contribution is 2.33. The highest BCUT2D eigenvalue weighted by atomic mass is 16.5. The highest BCUT2D eigenvalue weighted by Gasteiger charge is 2.41. The average Bonchev–Trinajstić information content (AvgIpc) is 2.69. The quantitative estimate of drug-likeness (QED) is 0.683. The molecule has 1 aliphatic rings. The molecule has 0 spiro atoms. The minimum atomic E-state index is -0.811. The van der Waals surface area contributed by atoms with Gasteiger partial charge in [0.15, 0.2) is 0 Å². The van der Waals surface area contributed by atoms with Crippen molar-refractivity contribution >= 4 is 5.82 Å². The van der Waals surface area contributed by atoms with Crippen molar-refractivity contribution in [2.24, 2.45) is 5.92 Å². The van der Waals surface area contributed by atoms with Gasteiger partial charge in [-0.15, -0.1) is 0 Å². The number of nitrogens with zero attached hydrogens (tertiary/aromatic N) is 2. The molecule has 7 heteroatoms. The number of hydrogen-bond donors (Lipinski definition) is 3. The molecular weight excluding hydrogens is 250 g/mol. The molecule has 1 aromatic rings. The van der Waals surface area contributed by atoms with Crippen molar-refractivity contribution in [3.05, 3.63) is 22.7 Å². The van der Waals surface area contributed by atoms with Gasteiger partial charge in [0.05, 0.1) is 12.7 Å². The van der Waals surface area contributed by atoms with Gasteiger partial charge in [-0.2, -0.15) is 4.98 Å². The number of hydrogen-bond acceptors (Lipinski definition) is 6. The third-order valence-corrected chi connectivity index (χ3v) is 2.99. The van der Waals surface area contributed by atoms with Gasteiger partial charge < -0.3 is 20.7 Å². The molecule has 1 saturated heterocycles. The lowest BCUT2D eigenvalue weighted by Gasteiger charge is -2.17. The van der Waals surface area contributed by atoms with Crippen molar-refractivity contribution in [1.82, 2.24) is 9.55 Å². The zero-order valence-electron chi connectivity index (χ0n) is 11.4. The molecule has 1 aromatic heterocycles. The highest BCUT2D eigenvalue weighted by molar-refractivity contribution is 5.23. The fourth-order valence-electron chi connectivity index (χ4n) is 1.98. The van der Waals surface area contributed by atoms with Crippen LogP contribution in [0.2, 0.25) is 0 Å². The third kappa shape index (κ3) is 3.12. The second-order valence-electron chi connectivity index (χ2n) is 4.14. The topological polar surface area (TPSA) is 111 Å². The van der Waals surface area contributed by atoms with Crippen LogP contribution in [0.25, 0.3) is 0 Å². The van der Waals surface area contributed by atoms with Gasteiger partial charge in [-0.05, 0) is 6.07 Å². The van der Waals surface area contributed by atoms with Crippen LogP contribution in [-0.2, 0) is 4.74 Å². The molecule has 108 valence electrons. The smallest absolute Gasteiger partial charge is 0.351 e. The third-order valence-electron chi connectivity index (χ3n) is 2.99. The number of aliphatic hydroxyl groups excluding tert-OH is 2. The van der Waals surface area contributed by atoms with Gasteiger partial charge in [-0.1, -0.05) is 20.8 Å². The first kappa shape index (κ1) is 15.6. The van der Waals surface area contributed by atoms with E-state index in [0.29, 0.717) is 0 Å². The number of ether oxygens (including phenoxy) is 1. The molecule has 2 rings (SSSR count). The zero-order chi connectivity index (χ0) is 14.6. The predicted octanol–water partition coefficient (Wildman–Crippen LogP) is -0.262. The van der Waals surface area contributed by atoms with E-state index >= 15 is 0 Å². The number of rotatable bonds is 2. The summed E-state index contributed by atoms with van der Waals surface area (Å²) in [7, 11) is 0. The summed E-state index contributed by atoms with van der Waals surface area (Å²) in [6.07, 6.45) is -0.658. The van der Waals surface area contributed by atoms with Crippen LogP contribution in [-0.4, -0.2) is 38.6 Å².